The highest BCUT2D eigenvalue weighted by Gasteiger charge is 2.37. The van der Waals surface area contributed by atoms with Crippen molar-refractivity contribution in [1.29, 1.82) is 0 Å². The third kappa shape index (κ3) is 2.19. The average molecular weight is 314 g/mol. The molecule has 0 saturated carbocycles. The lowest BCUT2D eigenvalue weighted by atomic mass is 9.93. The molecule has 0 bridgehead atoms. The van der Waals surface area contributed by atoms with Crippen LogP contribution >= 0.6 is 0 Å². The number of carbonyl (C=O) groups is 1. The van der Waals surface area contributed by atoms with Gasteiger partial charge in [-0.05, 0) is 29.8 Å². The van der Waals surface area contributed by atoms with Gasteiger partial charge in [-0.3, -0.25) is 4.79 Å². The van der Waals surface area contributed by atoms with Crippen molar-refractivity contribution in [3.8, 4) is 23.0 Å². The first-order chi connectivity index (χ1) is 11.2. The first kappa shape index (κ1) is 13.9. The smallest absolute Gasteiger partial charge is 0.231 e. The van der Waals surface area contributed by atoms with Crippen molar-refractivity contribution in [2.75, 3.05) is 13.9 Å². The molecule has 2 atom stereocenters. The summed E-state index contributed by atoms with van der Waals surface area (Å²) in [7, 11) is 1.54. The van der Waals surface area contributed by atoms with Gasteiger partial charge in [0.15, 0.2) is 29.5 Å². The average Bonchev–Trinajstić information content (AvgIpc) is 3.05. The molecule has 0 fully saturated rings. The number of aliphatic hydroxyl groups excluding tert-OH is 1. The van der Waals surface area contributed by atoms with E-state index in [4.69, 9.17) is 18.9 Å². The Morgan fingerprint density at radius 1 is 1.09 bits per heavy atom. The molecule has 0 saturated heterocycles. The van der Waals surface area contributed by atoms with Gasteiger partial charge < -0.3 is 24.1 Å². The van der Waals surface area contributed by atoms with Crippen LogP contribution in [0.4, 0.5) is 0 Å². The summed E-state index contributed by atoms with van der Waals surface area (Å²) in [5.74, 6) is 1.80. The van der Waals surface area contributed by atoms with E-state index in [0.717, 1.165) is 0 Å². The van der Waals surface area contributed by atoms with Crippen molar-refractivity contribution in [2.45, 2.75) is 12.2 Å². The van der Waals surface area contributed by atoms with Gasteiger partial charge in [0.25, 0.3) is 0 Å². The lowest BCUT2D eigenvalue weighted by Crippen LogP contribution is -2.36. The van der Waals surface area contributed by atoms with Gasteiger partial charge in [-0.1, -0.05) is 6.07 Å². The van der Waals surface area contributed by atoms with Crippen molar-refractivity contribution >= 4 is 5.78 Å². The Bertz CT molecular complexity index is 785. The third-order valence-corrected chi connectivity index (χ3v) is 3.99. The van der Waals surface area contributed by atoms with Gasteiger partial charge >= 0.3 is 0 Å². The first-order valence-electron chi connectivity index (χ1n) is 7.14. The van der Waals surface area contributed by atoms with E-state index in [1.165, 1.54) is 7.11 Å². The third-order valence-electron chi connectivity index (χ3n) is 3.99. The zero-order valence-corrected chi connectivity index (χ0v) is 12.3. The summed E-state index contributed by atoms with van der Waals surface area (Å²) in [6.45, 7) is 0.159. The minimum absolute atomic E-state index is 0.159. The van der Waals surface area contributed by atoms with E-state index in [1.54, 1.807) is 36.4 Å². The van der Waals surface area contributed by atoms with Crippen LogP contribution in [0.5, 0.6) is 23.0 Å². The highest BCUT2D eigenvalue weighted by atomic mass is 16.7. The number of carbonyl (C=O) groups excluding carboxylic acids is 1. The first-order valence-corrected chi connectivity index (χ1v) is 7.14. The molecule has 2 heterocycles. The van der Waals surface area contributed by atoms with Crippen LogP contribution in [-0.4, -0.2) is 30.9 Å². The van der Waals surface area contributed by atoms with E-state index in [0.29, 0.717) is 34.1 Å². The molecule has 0 amide bonds. The fourth-order valence-corrected chi connectivity index (χ4v) is 2.77. The number of methoxy groups -OCH3 is 1. The number of rotatable bonds is 2. The second kappa shape index (κ2) is 5.17. The lowest BCUT2D eigenvalue weighted by molar-refractivity contribution is 0.0215. The molecule has 0 radical (unpaired) electrons. The van der Waals surface area contributed by atoms with E-state index in [1.807, 2.05) is 0 Å². The molecule has 2 aromatic rings. The minimum Gasteiger partial charge on any atom is -0.497 e. The zero-order chi connectivity index (χ0) is 16.0. The standard InChI is InChI=1S/C17H14O6/c1-20-10-3-4-11-13(7-10)23-17(16(19)15(11)18)9-2-5-12-14(6-9)22-8-21-12/h2-7,16-17,19H,8H2,1H3/t16-,17+/m1/s1. The maximum absolute atomic E-state index is 12.4. The predicted octanol–water partition coefficient (Wildman–Crippen LogP) is 2.10. The molecule has 4 rings (SSSR count). The summed E-state index contributed by atoms with van der Waals surface area (Å²) >= 11 is 0. The van der Waals surface area contributed by atoms with Crippen LogP contribution in [-0.2, 0) is 0 Å². The van der Waals surface area contributed by atoms with Crippen molar-refractivity contribution < 1.29 is 28.8 Å². The van der Waals surface area contributed by atoms with Crippen LogP contribution in [0.3, 0.4) is 0 Å². The summed E-state index contributed by atoms with van der Waals surface area (Å²) in [6, 6.07) is 10.1. The molecule has 118 valence electrons. The quantitative estimate of drug-likeness (QED) is 0.915. The van der Waals surface area contributed by atoms with Crippen LogP contribution in [0.25, 0.3) is 0 Å². The molecule has 0 spiro atoms. The summed E-state index contributed by atoms with van der Waals surface area (Å²) in [6.07, 6.45) is -2.09. The predicted molar refractivity (Wildman–Crippen MR) is 79.3 cm³/mol. The molecular weight excluding hydrogens is 300 g/mol. The molecule has 6 nitrogen and oxygen atoms in total. The molecule has 0 aliphatic carbocycles. The van der Waals surface area contributed by atoms with Gasteiger partial charge in [-0.15, -0.1) is 0 Å². The maximum atomic E-state index is 12.4. The van der Waals surface area contributed by atoms with Crippen LogP contribution < -0.4 is 18.9 Å². The molecular formula is C17H14O6. The summed E-state index contributed by atoms with van der Waals surface area (Å²) in [4.78, 5) is 12.4. The Labute approximate surface area is 132 Å². The Morgan fingerprint density at radius 3 is 2.74 bits per heavy atom. The molecule has 23 heavy (non-hydrogen) atoms. The normalized spacial score (nSPS) is 21.6. The number of fused-ring (bicyclic) bond motifs is 2. The Hall–Kier alpha value is -2.73. The summed E-state index contributed by atoms with van der Waals surface area (Å²) < 4.78 is 21.6. The highest BCUT2D eigenvalue weighted by Crippen LogP contribution is 2.40. The van der Waals surface area contributed by atoms with E-state index in [-0.39, 0.29) is 12.6 Å². The molecule has 2 aromatic carbocycles. The Kier molecular flexibility index (Phi) is 3.12. The topological polar surface area (TPSA) is 74.2 Å². The second-order valence-corrected chi connectivity index (χ2v) is 5.32. The Morgan fingerprint density at radius 2 is 1.91 bits per heavy atom. The van der Waals surface area contributed by atoms with Crippen molar-refractivity contribution in [3.05, 3.63) is 47.5 Å². The fourth-order valence-electron chi connectivity index (χ4n) is 2.77. The van der Waals surface area contributed by atoms with Crippen molar-refractivity contribution in [3.63, 3.8) is 0 Å². The van der Waals surface area contributed by atoms with Crippen LogP contribution in [0.2, 0.25) is 0 Å². The van der Waals surface area contributed by atoms with E-state index < -0.39 is 12.2 Å². The molecule has 6 heteroatoms. The molecule has 1 N–H and O–H groups in total. The van der Waals surface area contributed by atoms with Crippen LogP contribution in [0, 0.1) is 0 Å². The number of aliphatic hydroxyl groups is 1. The summed E-state index contributed by atoms with van der Waals surface area (Å²) in [5.41, 5.74) is 0.985. The van der Waals surface area contributed by atoms with Gasteiger partial charge in [0.05, 0.1) is 12.7 Å². The second-order valence-electron chi connectivity index (χ2n) is 5.32. The van der Waals surface area contributed by atoms with E-state index in [9.17, 15) is 9.90 Å². The van der Waals surface area contributed by atoms with Gasteiger partial charge in [-0.25, -0.2) is 0 Å². The molecule has 0 unspecified atom stereocenters. The number of benzene rings is 2. The maximum Gasteiger partial charge on any atom is 0.231 e. The molecule has 0 aromatic heterocycles. The number of hydrogen-bond acceptors (Lipinski definition) is 6. The van der Waals surface area contributed by atoms with Gasteiger partial charge in [0.2, 0.25) is 6.79 Å². The number of Topliss-reactive ketones (excluding diaryl/α,β-unsaturated/α-hetero) is 1. The van der Waals surface area contributed by atoms with Crippen LogP contribution in [0.15, 0.2) is 36.4 Å². The SMILES string of the molecule is COc1ccc2c(c1)O[C@@H](c1ccc3c(c1)OCO3)[C@H](O)C2=O. The minimum atomic E-state index is -1.28. The number of hydrogen-bond donors (Lipinski definition) is 1. The van der Waals surface area contributed by atoms with Gasteiger partial charge in [0, 0.05) is 6.07 Å². The fraction of sp³-hybridized carbons (Fsp3) is 0.235. The number of ketones is 1. The lowest BCUT2D eigenvalue weighted by Gasteiger charge is -2.30. The van der Waals surface area contributed by atoms with Gasteiger partial charge in [-0.2, -0.15) is 0 Å². The van der Waals surface area contributed by atoms with Crippen LogP contribution in [0.1, 0.15) is 22.0 Å². The monoisotopic (exact) mass is 314 g/mol. The zero-order valence-electron chi connectivity index (χ0n) is 12.3. The summed E-state index contributed by atoms with van der Waals surface area (Å²) in [5, 5.41) is 10.3. The van der Waals surface area contributed by atoms with E-state index in [2.05, 4.69) is 0 Å². The van der Waals surface area contributed by atoms with E-state index >= 15 is 0 Å². The number of ether oxygens (including phenoxy) is 4. The Balaban J connectivity index is 1.73. The van der Waals surface area contributed by atoms with Crippen molar-refractivity contribution in [2.24, 2.45) is 0 Å². The highest BCUT2D eigenvalue weighted by molar-refractivity contribution is 6.03. The largest absolute Gasteiger partial charge is 0.497 e. The molecule has 2 aliphatic heterocycles. The van der Waals surface area contributed by atoms with Crippen molar-refractivity contribution in [1.82, 2.24) is 0 Å². The molecule has 2 aliphatic rings. The van der Waals surface area contributed by atoms with Gasteiger partial charge in [0.1, 0.15) is 11.5 Å².